The van der Waals surface area contributed by atoms with Crippen LogP contribution in [-0.2, 0) is 0 Å². The Bertz CT molecular complexity index is 685. The van der Waals surface area contributed by atoms with E-state index in [9.17, 15) is 0 Å². The Labute approximate surface area is 119 Å². The van der Waals surface area contributed by atoms with Crippen molar-refractivity contribution in [2.75, 3.05) is 0 Å². The highest BCUT2D eigenvalue weighted by atomic mass is 15.5. The molecule has 100 valence electrons. The van der Waals surface area contributed by atoms with E-state index in [-0.39, 0.29) is 0 Å². The van der Waals surface area contributed by atoms with E-state index in [0.717, 1.165) is 11.4 Å². The molecule has 1 aromatic heterocycles. The molecule has 0 spiro atoms. The van der Waals surface area contributed by atoms with Gasteiger partial charge in [0.05, 0.1) is 5.21 Å². The van der Waals surface area contributed by atoms with Crippen molar-refractivity contribution in [3.8, 4) is 16.9 Å². The molecule has 0 aliphatic carbocycles. The molecule has 0 unspecified atom stereocenters. The Kier molecular flexibility index (Phi) is 3.33. The van der Waals surface area contributed by atoms with Gasteiger partial charge in [0, 0.05) is 5.56 Å². The fraction of sp³-hybridized carbons (Fsp3) is 0.176. The lowest BCUT2D eigenvalue weighted by atomic mass is 10.1. The van der Waals surface area contributed by atoms with E-state index in [0.29, 0.717) is 6.04 Å². The quantitative estimate of drug-likeness (QED) is 0.664. The predicted molar refractivity (Wildman–Crippen MR) is 79.6 cm³/mol. The molecule has 2 aromatic carbocycles. The van der Waals surface area contributed by atoms with Gasteiger partial charge in [0.15, 0.2) is 17.6 Å². The number of benzene rings is 2. The number of rotatable bonds is 3. The van der Waals surface area contributed by atoms with Crippen LogP contribution < -0.4 is 4.68 Å². The number of para-hydroxylation sites is 1. The van der Waals surface area contributed by atoms with Crippen molar-refractivity contribution in [2.24, 2.45) is 0 Å². The molecule has 0 radical (unpaired) electrons. The van der Waals surface area contributed by atoms with Gasteiger partial charge in [-0.2, -0.15) is 0 Å². The molecule has 3 heteroatoms. The van der Waals surface area contributed by atoms with Gasteiger partial charge in [0.2, 0.25) is 0 Å². The molecule has 0 saturated carbocycles. The second-order valence-corrected chi connectivity index (χ2v) is 5.09. The minimum absolute atomic E-state index is 0.315. The summed E-state index contributed by atoms with van der Waals surface area (Å²) in [6.45, 7) is 4.30. The summed E-state index contributed by atoms with van der Waals surface area (Å²) >= 11 is 0. The second kappa shape index (κ2) is 5.29. The third-order valence-corrected chi connectivity index (χ3v) is 3.26. The first-order valence-electron chi connectivity index (χ1n) is 6.88. The molecule has 0 N–H and O–H groups in total. The zero-order valence-corrected chi connectivity index (χ0v) is 11.8. The predicted octanol–water partition coefficient (Wildman–Crippen LogP) is 3.41. The highest BCUT2D eigenvalue weighted by molar-refractivity contribution is 5.55. The second-order valence-electron chi connectivity index (χ2n) is 5.09. The van der Waals surface area contributed by atoms with Gasteiger partial charge in [-0.05, 0) is 26.0 Å². The zero-order valence-electron chi connectivity index (χ0n) is 11.8. The average molecular weight is 264 g/mol. The molecule has 3 aromatic rings. The maximum Gasteiger partial charge on any atom is 0.198 e. The van der Waals surface area contributed by atoms with Crippen LogP contribution in [-0.4, -0.2) is 9.90 Å². The summed E-state index contributed by atoms with van der Waals surface area (Å²) in [6.07, 6.45) is 2.09. The van der Waals surface area contributed by atoms with Crippen LogP contribution in [0.1, 0.15) is 19.9 Å². The van der Waals surface area contributed by atoms with E-state index >= 15 is 0 Å². The van der Waals surface area contributed by atoms with Crippen molar-refractivity contribution in [1.29, 1.82) is 0 Å². The standard InChI is InChI=1S/C17H18N3/c1-14(2)20-17(15-9-5-3-6-10-15)13-19(18-20)16-11-7-4-8-12-16/h3-14H,1-2H3/q+1. The molecule has 0 aliphatic heterocycles. The highest BCUT2D eigenvalue weighted by Gasteiger charge is 2.20. The van der Waals surface area contributed by atoms with E-state index in [1.54, 1.807) is 0 Å². The molecule has 0 aliphatic rings. The van der Waals surface area contributed by atoms with Crippen molar-refractivity contribution in [3.63, 3.8) is 0 Å². The Morgan fingerprint density at radius 3 is 2.10 bits per heavy atom. The molecule has 0 atom stereocenters. The van der Waals surface area contributed by atoms with Crippen molar-refractivity contribution in [1.82, 2.24) is 9.90 Å². The molecular weight excluding hydrogens is 246 g/mol. The van der Waals surface area contributed by atoms with E-state index in [1.165, 1.54) is 5.56 Å². The SMILES string of the molecule is CC(C)[n+]1nn(-c2ccccc2)cc1-c1ccccc1. The van der Waals surface area contributed by atoms with Crippen molar-refractivity contribution in [2.45, 2.75) is 19.9 Å². The topological polar surface area (TPSA) is 21.7 Å². The normalized spacial score (nSPS) is 10.9. The van der Waals surface area contributed by atoms with Crippen LogP contribution in [0.2, 0.25) is 0 Å². The molecular formula is C17H18N3+. The first-order chi connectivity index (χ1) is 9.75. The van der Waals surface area contributed by atoms with Crippen LogP contribution in [0, 0.1) is 0 Å². The van der Waals surface area contributed by atoms with Gasteiger partial charge in [-0.15, -0.1) is 9.36 Å². The Hall–Kier alpha value is -2.42. The monoisotopic (exact) mass is 264 g/mol. The summed E-state index contributed by atoms with van der Waals surface area (Å²) in [4.78, 5) is 0. The lowest BCUT2D eigenvalue weighted by Gasteiger charge is -2.01. The van der Waals surface area contributed by atoms with Crippen molar-refractivity contribution >= 4 is 0 Å². The van der Waals surface area contributed by atoms with Crippen molar-refractivity contribution < 1.29 is 4.68 Å². The van der Waals surface area contributed by atoms with E-state index < -0.39 is 0 Å². The van der Waals surface area contributed by atoms with Crippen LogP contribution in [0.5, 0.6) is 0 Å². The maximum atomic E-state index is 4.69. The molecule has 0 fully saturated rings. The van der Waals surface area contributed by atoms with Gasteiger partial charge in [-0.25, -0.2) is 0 Å². The summed E-state index contributed by atoms with van der Waals surface area (Å²) < 4.78 is 3.99. The maximum absolute atomic E-state index is 4.69. The first kappa shape index (κ1) is 12.6. The van der Waals surface area contributed by atoms with E-state index in [2.05, 4.69) is 66.3 Å². The molecule has 3 rings (SSSR count). The van der Waals surface area contributed by atoms with Crippen LogP contribution in [0.25, 0.3) is 16.9 Å². The lowest BCUT2D eigenvalue weighted by Crippen LogP contribution is -2.40. The van der Waals surface area contributed by atoms with Gasteiger partial charge >= 0.3 is 0 Å². The molecule has 20 heavy (non-hydrogen) atoms. The average Bonchev–Trinajstić information content (AvgIpc) is 2.94. The van der Waals surface area contributed by atoms with Gasteiger partial charge < -0.3 is 0 Å². The smallest absolute Gasteiger partial charge is 0.127 e. The van der Waals surface area contributed by atoms with Gasteiger partial charge in [-0.1, -0.05) is 48.5 Å². The zero-order chi connectivity index (χ0) is 13.9. The van der Waals surface area contributed by atoms with Gasteiger partial charge in [0.25, 0.3) is 0 Å². The van der Waals surface area contributed by atoms with Crippen LogP contribution in [0.15, 0.2) is 66.9 Å². The Balaban J connectivity index is 2.13. The number of nitrogens with zero attached hydrogens (tertiary/aromatic N) is 3. The third kappa shape index (κ3) is 2.35. The molecule has 1 heterocycles. The number of hydrogen-bond acceptors (Lipinski definition) is 1. The first-order valence-corrected chi connectivity index (χ1v) is 6.88. The van der Waals surface area contributed by atoms with Crippen LogP contribution in [0.3, 0.4) is 0 Å². The molecule has 3 nitrogen and oxygen atoms in total. The Morgan fingerprint density at radius 2 is 1.50 bits per heavy atom. The number of aromatic nitrogens is 3. The molecule has 0 bridgehead atoms. The Morgan fingerprint density at radius 1 is 0.900 bits per heavy atom. The minimum atomic E-state index is 0.315. The van der Waals surface area contributed by atoms with E-state index in [1.807, 2.05) is 28.9 Å². The highest BCUT2D eigenvalue weighted by Crippen LogP contribution is 2.17. The largest absolute Gasteiger partial charge is 0.198 e. The van der Waals surface area contributed by atoms with Crippen LogP contribution in [0.4, 0.5) is 0 Å². The third-order valence-electron chi connectivity index (χ3n) is 3.26. The summed E-state index contributed by atoms with van der Waals surface area (Å²) in [6, 6.07) is 20.9. The summed E-state index contributed by atoms with van der Waals surface area (Å²) in [7, 11) is 0. The summed E-state index contributed by atoms with van der Waals surface area (Å²) in [5, 5.41) is 4.69. The molecule has 0 amide bonds. The number of hydrogen-bond donors (Lipinski definition) is 0. The van der Waals surface area contributed by atoms with Gasteiger partial charge in [-0.3, -0.25) is 0 Å². The van der Waals surface area contributed by atoms with Gasteiger partial charge in [0.1, 0.15) is 6.04 Å². The van der Waals surface area contributed by atoms with Crippen molar-refractivity contribution in [3.05, 3.63) is 66.9 Å². The van der Waals surface area contributed by atoms with E-state index in [4.69, 9.17) is 0 Å². The van der Waals surface area contributed by atoms with Crippen LogP contribution >= 0.6 is 0 Å². The fourth-order valence-electron chi connectivity index (χ4n) is 2.26. The fourth-order valence-corrected chi connectivity index (χ4v) is 2.26. The molecule has 0 saturated heterocycles. The summed E-state index contributed by atoms with van der Waals surface area (Å²) in [5.74, 6) is 0. The minimum Gasteiger partial charge on any atom is -0.127 e. The summed E-state index contributed by atoms with van der Waals surface area (Å²) in [5.41, 5.74) is 3.39. The lowest BCUT2D eigenvalue weighted by molar-refractivity contribution is -0.762.